The molecule has 1 aromatic heterocycles. The molecule has 102 valence electrons. The predicted molar refractivity (Wildman–Crippen MR) is 64.7 cm³/mol. The monoisotopic (exact) mass is 262 g/mol. The van der Waals surface area contributed by atoms with Crippen molar-refractivity contribution in [1.29, 1.82) is 0 Å². The van der Waals surface area contributed by atoms with Crippen LogP contribution in [0.5, 0.6) is 0 Å². The van der Waals surface area contributed by atoms with Crippen molar-refractivity contribution < 1.29 is 13.2 Å². The normalized spacial score (nSPS) is 11.8. The van der Waals surface area contributed by atoms with Gasteiger partial charge in [-0.1, -0.05) is 0 Å². The van der Waals surface area contributed by atoms with Gasteiger partial charge in [0, 0.05) is 25.7 Å². The topological polar surface area (TPSA) is 41.1 Å². The molecule has 1 aromatic rings. The van der Waals surface area contributed by atoms with Gasteiger partial charge in [0.25, 0.3) is 0 Å². The minimum atomic E-state index is -4.47. The Hall–Kier alpha value is -1.53. The average molecular weight is 262 g/mol. The first-order valence-corrected chi connectivity index (χ1v) is 5.68. The van der Waals surface area contributed by atoms with Crippen molar-refractivity contribution in [3.63, 3.8) is 0 Å². The van der Waals surface area contributed by atoms with Gasteiger partial charge in [-0.25, -0.2) is 4.98 Å². The summed E-state index contributed by atoms with van der Waals surface area (Å²) in [5.74, 6) is 0.248. The molecule has 7 heteroatoms. The van der Waals surface area contributed by atoms with Crippen LogP contribution in [0.25, 0.3) is 0 Å². The molecule has 0 fully saturated rings. The number of rotatable bonds is 4. The lowest BCUT2D eigenvalue weighted by Gasteiger charge is -2.23. The molecule has 0 radical (unpaired) electrons. The van der Waals surface area contributed by atoms with E-state index >= 15 is 0 Å². The standard InChI is InChI=1S/C11H17F3N4/c1-5-15-10-16-8(11(12,13)14)6-9(17-10)18(4)7(2)3/h6-7H,5H2,1-4H3,(H,15,16,17). The van der Waals surface area contributed by atoms with E-state index in [1.807, 2.05) is 13.8 Å². The third-order valence-corrected chi connectivity index (χ3v) is 2.47. The highest BCUT2D eigenvalue weighted by molar-refractivity contribution is 5.45. The van der Waals surface area contributed by atoms with Gasteiger partial charge >= 0.3 is 6.18 Å². The quantitative estimate of drug-likeness (QED) is 0.906. The number of halogens is 3. The summed E-state index contributed by atoms with van der Waals surface area (Å²) in [7, 11) is 1.70. The second-order valence-electron chi connectivity index (χ2n) is 4.17. The van der Waals surface area contributed by atoms with E-state index in [9.17, 15) is 13.2 Å². The van der Waals surface area contributed by atoms with Crippen molar-refractivity contribution in [2.45, 2.75) is 33.0 Å². The van der Waals surface area contributed by atoms with Crippen LogP contribution in [-0.4, -0.2) is 29.6 Å². The molecule has 0 saturated carbocycles. The molecule has 1 rings (SSSR count). The molecule has 0 atom stereocenters. The summed E-state index contributed by atoms with van der Waals surface area (Å²) in [6, 6.07) is 1.01. The Labute approximate surface area is 104 Å². The van der Waals surface area contributed by atoms with E-state index in [2.05, 4.69) is 15.3 Å². The Bertz CT molecular complexity index is 404. The van der Waals surface area contributed by atoms with Gasteiger partial charge in [-0.2, -0.15) is 18.2 Å². The minimum Gasteiger partial charge on any atom is -0.357 e. The first-order valence-electron chi connectivity index (χ1n) is 5.68. The third kappa shape index (κ3) is 3.48. The van der Waals surface area contributed by atoms with Crippen LogP contribution in [0.4, 0.5) is 24.9 Å². The molecule has 0 bridgehead atoms. The zero-order chi connectivity index (χ0) is 13.9. The minimum absolute atomic E-state index is 0.00479. The van der Waals surface area contributed by atoms with Crippen LogP contribution < -0.4 is 10.2 Å². The van der Waals surface area contributed by atoms with E-state index in [1.54, 1.807) is 18.9 Å². The van der Waals surface area contributed by atoms with Crippen molar-refractivity contribution >= 4 is 11.8 Å². The van der Waals surface area contributed by atoms with Crippen molar-refractivity contribution in [2.24, 2.45) is 0 Å². The molecule has 18 heavy (non-hydrogen) atoms. The average Bonchev–Trinajstić information content (AvgIpc) is 2.26. The Balaban J connectivity index is 3.22. The van der Waals surface area contributed by atoms with E-state index in [4.69, 9.17) is 0 Å². The predicted octanol–water partition coefficient (Wildman–Crippen LogP) is 2.77. The fourth-order valence-electron chi connectivity index (χ4n) is 1.26. The van der Waals surface area contributed by atoms with Crippen LogP contribution in [0.1, 0.15) is 26.5 Å². The summed E-state index contributed by atoms with van der Waals surface area (Å²) in [6.07, 6.45) is -4.47. The zero-order valence-electron chi connectivity index (χ0n) is 10.8. The van der Waals surface area contributed by atoms with Gasteiger partial charge in [0.2, 0.25) is 5.95 Å². The second-order valence-corrected chi connectivity index (χ2v) is 4.17. The summed E-state index contributed by atoms with van der Waals surface area (Å²) in [4.78, 5) is 9.19. The first kappa shape index (κ1) is 14.5. The van der Waals surface area contributed by atoms with Gasteiger partial charge < -0.3 is 10.2 Å². The lowest BCUT2D eigenvalue weighted by atomic mass is 10.3. The number of aromatic nitrogens is 2. The highest BCUT2D eigenvalue weighted by Crippen LogP contribution is 2.30. The van der Waals surface area contributed by atoms with Crippen LogP contribution in [0.2, 0.25) is 0 Å². The summed E-state index contributed by atoms with van der Waals surface area (Å²) >= 11 is 0. The maximum Gasteiger partial charge on any atom is 0.433 e. The molecule has 0 aliphatic heterocycles. The SMILES string of the molecule is CCNc1nc(N(C)C(C)C)cc(C(F)(F)F)n1. The summed E-state index contributed by atoms with van der Waals surface area (Å²) in [6.45, 7) is 5.99. The van der Waals surface area contributed by atoms with Crippen LogP contribution in [0, 0.1) is 0 Å². The van der Waals surface area contributed by atoms with Gasteiger partial charge in [-0.15, -0.1) is 0 Å². The number of alkyl halides is 3. The second kappa shape index (κ2) is 5.41. The molecule has 0 aliphatic carbocycles. The molecular formula is C11H17F3N4. The fourth-order valence-corrected chi connectivity index (χ4v) is 1.26. The first-order chi connectivity index (χ1) is 8.25. The van der Waals surface area contributed by atoms with Crippen molar-refractivity contribution in [2.75, 3.05) is 23.8 Å². The molecule has 0 amide bonds. The third-order valence-electron chi connectivity index (χ3n) is 2.47. The number of nitrogens with zero attached hydrogens (tertiary/aromatic N) is 3. The number of nitrogens with one attached hydrogen (secondary N) is 1. The van der Waals surface area contributed by atoms with E-state index in [1.165, 1.54) is 0 Å². The van der Waals surface area contributed by atoms with E-state index < -0.39 is 11.9 Å². The molecule has 0 aromatic carbocycles. The molecular weight excluding hydrogens is 245 g/mol. The fraction of sp³-hybridized carbons (Fsp3) is 0.636. The van der Waals surface area contributed by atoms with Gasteiger partial charge in [0.05, 0.1) is 0 Å². The smallest absolute Gasteiger partial charge is 0.357 e. The van der Waals surface area contributed by atoms with Gasteiger partial charge in [0.15, 0.2) is 5.69 Å². The molecule has 0 unspecified atom stereocenters. The summed E-state index contributed by atoms with van der Waals surface area (Å²) in [5.41, 5.74) is -0.934. The Morgan fingerprint density at radius 1 is 1.33 bits per heavy atom. The number of hydrogen-bond acceptors (Lipinski definition) is 4. The van der Waals surface area contributed by atoms with Crippen LogP contribution in [0.3, 0.4) is 0 Å². The van der Waals surface area contributed by atoms with Crippen molar-refractivity contribution in [3.05, 3.63) is 11.8 Å². The highest BCUT2D eigenvalue weighted by atomic mass is 19.4. The van der Waals surface area contributed by atoms with Gasteiger partial charge in [-0.05, 0) is 20.8 Å². The molecule has 4 nitrogen and oxygen atoms in total. The van der Waals surface area contributed by atoms with E-state index in [0.717, 1.165) is 6.07 Å². The molecule has 0 spiro atoms. The molecule has 1 heterocycles. The van der Waals surface area contributed by atoms with Crippen LogP contribution in [0.15, 0.2) is 6.07 Å². The highest BCUT2D eigenvalue weighted by Gasteiger charge is 2.34. The van der Waals surface area contributed by atoms with E-state index in [0.29, 0.717) is 6.54 Å². The lowest BCUT2D eigenvalue weighted by molar-refractivity contribution is -0.141. The molecule has 1 N–H and O–H groups in total. The van der Waals surface area contributed by atoms with Crippen molar-refractivity contribution in [3.8, 4) is 0 Å². The Kier molecular flexibility index (Phi) is 4.37. The van der Waals surface area contributed by atoms with Crippen molar-refractivity contribution in [1.82, 2.24) is 9.97 Å². The number of anilines is 2. The van der Waals surface area contributed by atoms with Crippen LogP contribution in [-0.2, 0) is 6.18 Å². The summed E-state index contributed by atoms with van der Waals surface area (Å²) < 4.78 is 38.1. The Morgan fingerprint density at radius 3 is 2.39 bits per heavy atom. The number of hydrogen-bond donors (Lipinski definition) is 1. The van der Waals surface area contributed by atoms with Crippen LogP contribution >= 0.6 is 0 Å². The molecule has 0 saturated heterocycles. The zero-order valence-corrected chi connectivity index (χ0v) is 10.8. The summed E-state index contributed by atoms with van der Waals surface area (Å²) in [5, 5.41) is 2.71. The van der Waals surface area contributed by atoms with Gasteiger partial charge in [-0.3, -0.25) is 0 Å². The largest absolute Gasteiger partial charge is 0.433 e. The lowest BCUT2D eigenvalue weighted by Crippen LogP contribution is -2.27. The van der Waals surface area contributed by atoms with E-state index in [-0.39, 0.29) is 17.8 Å². The Morgan fingerprint density at radius 2 is 1.94 bits per heavy atom. The van der Waals surface area contributed by atoms with Gasteiger partial charge in [0.1, 0.15) is 5.82 Å². The maximum absolute atomic E-state index is 12.7. The maximum atomic E-state index is 12.7. The molecule has 0 aliphatic rings.